The Labute approximate surface area is 198 Å². The quantitative estimate of drug-likeness (QED) is 0.536. The summed E-state index contributed by atoms with van der Waals surface area (Å²) in [5, 5.41) is 12.1. The van der Waals surface area contributed by atoms with Crippen LogP contribution in [0.25, 0.3) is 11.3 Å². The van der Waals surface area contributed by atoms with Crippen molar-refractivity contribution in [1.82, 2.24) is 9.97 Å². The average molecular weight is 433 g/mol. The number of nitrogens with zero attached hydrogens (tertiary/aromatic N) is 2. The molecule has 1 aliphatic rings. The number of thiazole rings is 1. The molecule has 0 unspecified atom stereocenters. The van der Waals surface area contributed by atoms with E-state index >= 15 is 0 Å². The normalized spacial score (nSPS) is 15.3. The smallest absolute Gasteiger partial charge is 1.00 e. The van der Waals surface area contributed by atoms with Crippen LogP contribution in [0, 0.1) is 5.92 Å². The first kappa shape index (κ1) is 22.6. The molecule has 5 nitrogen and oxygen atoms in total. The molecular formula is C15H13F5KN3O2S. The van der Waals surface area contributed by atoms with Gasteiger partial charge in [0.25, 0.3) is 6.43 Å². The van der Waals surface area contributed by atoms with Crippen LogP contribution in [0.4, 0.5) is 27.8 Å². The van der Waals surface area contributed by atoms with Crippen molar-refractivity contribution in [1.29, 1.82) is 0 Å². The van der Waals surface area contributed by atoms with E-state index in [-0.39, 0.29) is 74.9 Å². The Kier molecular flexibility index (Phi) is 7.36. The first-order valence-corrected chi connectivity index (χ1v) is 8.35. The van der Waals surface area contributed by atoms with Crippen LogP contribution in [-0.2, 0) is 0 Å². The molecule has 2 heterocycles. The van der Waals surface area contributed by atoms with E-state index in [0.717, 1.165) is 23.6 Å². The topological polar surface area (TPSA) is 75.1 Å². The van der Waals surface area contributed by atoms with Crippen molar-refractivity contribution in [3.8, 4) is 11.3 Å². The van der Waals surface area contributed by atoms with Gasteiger partial charge in [0.15, 0.2) is 0 Å². The number of carboxylic acid groups (broad SMARTS) is 1. The average Bonchev–Trinajstić information content (AvgIpc) is 3.26. The van der Waals surface area contributed by atoms with Gasteiger partial charge in [-0.25, -0.2) is 23.5 Å². The van der Waals surface area contributed by atoms with Gasteiger partial charge in [0, 0.05) is 22.7 Å². The molecule has 27 heavy (non-hydrogen) atoms. The first-order valence-electron chi connectivity index (χ1n) is 7.47. The summed E-state index contributed by atoms with van der Waals surface area (Å²) < 4.78 is 66.0. The number of pyridine rings is 1. The SMILES string of the molecule is O=C(O)c1nc(-c2cnc(N[C@@H](C3CC3)C(F)(F)F)cc2C(F)F)cs1.[H-].[K+]. The van der Waals surface area contributed by atoms with Gasteiger partial charge < -0.3 is 11.8 Å². The van der Waals surface area contributed by atoms with Crippen molar-refractivity contribution < 1.29 is 84.7 Å². The molecule has 1 saturated carbocycles. The van der Waals surface area contributed by atoms with Crippen molar-refractivity contribution in [3.63, 3.8) is 0 Å². The molecule has 0 aliphatic heterocycles. The molecule has 1 aliphatic carbocycles. The molecule has 12 heteroatoms. The second kappa shape index (κ2) is 8.78. The Morgan fingerprint density at radius 3 is 2.52 bits per heavy atom. The number of anilines is 1. The zero-order chi connectivity index (χ0) is 19.1. The number of carboxylic acids is 1. The van der Waals surface area contributed by atoms with E-state index in [1.165, 1.54) is 5.38 Å². The van der Waals surface area contributed by atoms with E-state index in [2.05, 4.69) is 15.3 Å². The molecule has 0 radical (unpaired) electrons. The predicted molar refractivity (Wildman–Crippen MR) is 84.6 cm³/mol. The van der Waals surface area contributed by atoms with Crippen LogP contribution in [0.15, 0.2) is 17.6 Å². The van der Waals surface area contributed by atoms with E-state index in [1.54, 1.807) is 0 Å². The van der Waals surface area contributed by atoms with E-state index in [9.17, 15) is 26.7 Å². The summed E-state index contributed by atoms with van der Waals surface area (Å²) in [7, 11) is 0. The summed E-state index contributed by atoms with van der Waals surface area (Å²) in [6.45, 7) is 0. The second-order valence-electron chi connectivity index (χ2n) is 5.80. The number of aromatic nitrogens is 2. The van der Waals surface area contributed by atoms with Crippen molar-refractivity contribution in [2.45, 2.75) is 31.5 Å². The molecular weight excluding hydrogens is 420 g/mol. The third-order valence-electron chi connectivity index (χ3n) is 3.88. The molecule has 1 atom stereocenters. The van der Waals surface area contributed by atoms with Gasteiger partial charge in [-0.2, -0.15) is 13.2 Å². The number of hydrogen-bond donors (Lipinski definition) is 2. The van der Waals surface area contributed by atoms with E-state index in [4.69, 9.17) is 5.11 Å². The van der Waals surface area contributed by atoms with Crippen LogP contribution in [0.1, 0.15) is 36.1 Å². The first-order chi connectivity index (χ1) is 12.2. The van der Waals surface area contributed by atoms with Gasteiger partial charge in [-0.1, -0.05) is 0 Å². The summed E-state index contributed by atoms with van der Waals surface area (Å²) in [5.41, 5.74) is -0.706. The standard InChI is InChI=1S/C15H12F5N3O2S.K.H/c16-12(17)7-3-10(23-11(6-1-2-6)15(18,19)20)21-4-8(7)9-5-26-13(22-9)14(24)25;;/h3-6,11-12H,1-2H2,(H,21,23)(H,24,25);;/q;+1;-1/t11-;;/m0../s1. The maximum atomic E-state index is 13.4. The number of carbonyl (C=O) groups is 1. The fraction of sp³-hybridized carbons (Fsp3) is 0.400. The summed E-state index contributed by atoms with van der Waals surface area (Å²) in [4.78, 5) is 18.4. The van der Waals surface area contributed by atoms with Crippen molar-refractivity contribution in [2.75, 3.05) is 5.32 Å². The number of aromatic carboxylic acids is 1. The molecule has 0 saturated heterocycles. The minimum Gasteiger partial charge on any atom is -1.00 e. The molecule has 0 amide bonds. The third-order valence-corrected chi connectivity index (χ3v) is 4.71. The van der Waals surface area contributed by atoms with Crippen molar-refractivity contribution in [2.24, 2.45) is 5.92 Å². The van der Waals surface area contributed by atoms with Crippen LogP contribution in [-0.4, -0.2) is 33.3 Å². The molecule has 142 valence electrons. The van der Waals surface area contributed by atoms with Gasteiger partial charge in [-0.05, 0) is 24.8 Å². The molecule has 2 N–H and O–H groups in total. The minimum atomic E-state index is -4.52. The Hall–Kier alpha value is -0.664. The predicted octanol–water partition coefficient (Wildman–Crippen LogP) is 1.71. The van der Waals surface area contributed by atoms with Gasteiger partial charge in [0.05, 0.1) is 5.69 Å². The second-order valence-corrected chi connectivity index (χ2v) is 6.66. The number of hydrogen-bond acceptors (Lipinski definition) is 5. The van der Waals surface area contributed by atoms with E-state index in [1.807, 2.05) is 0 Å². The molecule has 2 aromatic rings. The summed E-state index contributed by atoms with van der Waals surface area (Å²) >= 11 is 0.756. The van der Waals surface area contributed by atoms with Crippen LogP contribution in [0.2, 0.25) is 0 Å². The Bertz CT molecular complexity index is 832. The monoisotopic (exact) mass is 433 g/mol. The molecule has 3 rings (SSSR count). The number of halogens is 5. The van der Waals surface area contributed by atoms with Gasteiger partial charge >= 0.3 is 63.5 Å². The Balaban J connectivity index is 0.00000196. The van der Waals surface area contributed by atoms with E-state index in [0.29, 0.717) is 12.8 Å². The molecule has 2 aromatic heterocycles. The van der Waals surface area contributed by atoms with Crippen LogP contribution in [0.3, 0.4) is 0 Å². The zero-order valence-corrected chi connectivity index (χ0v) is 17.9. The molecule has 1 fully saturated rings. The fourth-order valence-electron chi connectivity index (χ4n) is 2.50. The summed E-state index contributed by atoms with van der Waals surface area (Å²) in [6, 6.07) is -0.995. The molecule has 0 aromatic carbocycles. The molecule has 0 bridgehead atoms. The number of nitrogens with one attached hydrogen (secondary N) is 1. The van der Waals surface area contributed by atoms with Gasteiger partial charge in [-0.15, -0.1) is 11.3 Å². The Morgan fingerprint density at radius 2 is 2.04 bits per heavy atom. The third kappa shape index (κ3) is 5.45. The number of alkyl halides is 5. The largest absolute Gasteiger partial charge is 1.00 e. The van der Waals surface area contributed by atoms with Gasteiger partial charge in [-0.3, -0.25) is 0 Å². The van der Waals surface area contributed by atoms with Crippen molar-refractivity contribution >= 4 is 23.1 Å². The zero-order valence-electron chi connectivity index (χ0n) is 14.9. The van der Waals surface area contributed by atoms with Crippen LogP contribution >= 0.6 is 11.3 Å². The Morgan fingerprint density at radius 1 is 1.37 bits per heavy atom. The van der Waals surface area contributed by atoms with Gasteiger partial charge in [0.2, 0.25) is 5.01 Å². The fourth-order valence-corrected chi connectivity index (χ4v) is 3.15. The summed E-state index contributed by atoms with van der Waals surface area (Å²) in [6.07, 6.45) is -5.71. The van der Waals surface area contributed by atoms with Gasteiger partial charge in [0.1, 0.15) is 11.9 Å². The maximum Gasteiger partial charge on any atom is 1.00 e. The summed E-state index contributed by atoms with van der Waals surface area (Å²) in [5.74, 6) is -2.21. The van der Waals surface area contributed by atoms with Crippen LogP contribution in [0.5, 0.6) is 0 Å². The van der Waals surface area contributed by atoms with Crippen molar-refractivity contribution in [3.05, 3.63) is 28.2 Å². The van der Waals surface area contributed by atoms with E-state index < -0.39 is 36.1 Å². The number of rotatable bonds is 6. The minimum absolute atomic E-state index is 0. The maximum absolute atomic E-state index is 13.4. The van der Waals surface area contributed by atoms with Crippen LogP contribution < -0.4 is 56.7 Å². The molecule has 0 spiro atoms.